The maximum absolute atomic E-state index is 9.24. The molecule has 0 aliphatic heterocycles. The molecule has 0 aromatic heterocycles. The molecule has 2 nitrogen and oxygen atoms in total. The summed E-state index contributed by atoms with van der Waals surface area (Å²) in [6, 6.07) is 5.36. The van der Waals surface area contributed by atoms with Crippen LogP contribution in [0.5, 0.6) is 5.75 Å². The summed E-state index contributed by atoms with van der Waals surface area (Å²) in [6.45, 7) is 2.66. The fraction of sp³-hybridized carbons (Fsp3) is 0.273. The van der Waals surface area contributed by atoms with E-state index in [9.17, 15) is 5.11 Å². The van der Waals surface area contributed by atoms with Crippen LogP contribution in [0.15, 0.2) is 18.2 Å². The fourth-order valence-corrected chi connectivity index (χ4v) is 1.04. The SMILES string of the molecule is C#CCOCc1ccc(O)c(C)c1. The second-order valence-electron chi connectivity index (χ2n) is 2.82. The molecular formula is C11H12O2. The zero-order valence-corrected chi connectivity index (χ0v) is 7.58. The first-order chi connectivity index (χ1) is 6.24. The van der Waals surface area contributed by atoms with E-state index in [4.69, 9.17) is 11.2 Å². The predicted octanol–water partition coefficient (Wildman–Crippen LogP) is 1.85. The standard InChI is InChI=1S/C11H12O2/c1-3-6-13-8-10-4-5-11(12)9(2)7-10/h1,4-5,7,12H,6,8H2,2H3. The summed E-state index contributed by atoms with van der Waals surface area (Å²) in [5, 5.41) is 9.24. The molecule has 1 aromatic carbocycles. The zero-order valence-electron chi connectivity index (χ0n) is 7.58. The van der Waals surface area contributed by atoms with Crippen LogP contribution in [-0.2, 0) is 11.3 Å². The first-order valence-corrected chi connectivity index (χ1v) is 4.03. The highest BCUT2D eigenvalue weighted by Crippen LogP contribution is 2.17. The molecule has 0 saturated carbocycles. The van der Waals surface area contributed by atoms with E-state index in [1.807, 2.05) is 19.1 Å². The van der Waals surface area contributed by atoms with E-state index in [2.05, 4.69) is 5.92 Å². The molecule has 0 atom stereocenters. The molecule has 68 valence electrons. The summed E-state index contributed by atoms with van der Waals surface area (Å²) in [5.41, 5.74) is 1.87. The van der Waals surface area contributed by atoms with Gasteiger partial charge in [-0.05, 0) is 24.1 Å². The maximum atomic E-state index is 9.24. The van der Waals surface area contributed by atoms with Crippen molar-refractivity contribution in [1.29, 1.82) is 0 Å². The van der Waals surface area contributed by atoms with Gasteiger partial charge in [-0.1, -0.05) is 18.1 Å². The van der Waals surface area contributed by atoms with Crippen LogP contribution in [-0.4, -0.2) is 11.7 Å². The van der Waals surface area contributed by atoms with Gasteiger partial charge >= 0.3 is 0 Å². The molecule has 0 amide bonds. The molecule has 0 saturated heterocycles. The number of hydrogen-bond acceptors (Lipinski definition) is 2. The van der Waals surface area contributed by atoms with E-state index < -0.39 is 0 Å². The molecule has 13 heavy (non-hydrogen) atoms. The van der Waals surface area contributed by atoms with Crippen molar-refractivity contribution in [1.82, 2.24) is 0 Å². The third-order valence-electron chi connectivity index (χ3n) is 1.72. The van der Waals surface area contributed by atoms with Crippen molar-refractivity contribution in [2.75, 3.05) is 6.61 Å². The number of hydrogen-bond donors (Lipinski definition) is 1. The lowest BCUT2D eigenvalue weighted by Crippen LogP contribution is -1.93. The number of ether oxygens (including phenoxy) is 1. The lowest BCUT2D eigenvalue weighted by Gasteiger charge is -2.03. The van der Waals surface area contributed by atoms with Crippen molar-refractivity contribution in [3.63, 3.8) is 0 Å². The van der Waals surface area contributed by atoms with Gasteiger partial charge in [-0.25, -0.2) is 0 Å². The number of phenolic OH excluding ortho intramolecular Hbond substituents is 1. The topological polar surface area (TPSA) is 29.5 Å². The van der Waals surface area contributed by atoms with Crippen LogP contribution >= 0.6 is 0 Å². The minimum absolute atomic E-state index is 0.306. The average Bonchev–Trinajstić information content (AvgIpc) is 2.12. The van der Waals surface area contributed by atoms with Gasteiger partial charge in [0.25, 0.3) is 0 Å². The number of aryl methyl sites for hydroxylation is 1. The molecule has 1 rings (SSSR count). The van der Waals surface area contributed by atoms with Crippen molar-refractivity contribution < 1.29 is 9.84 Å². The fourth-order valence-electron chi connectivity index (χ4n) is 1.04. The van der Waals surface area contributed by atoms with E-state index in [-0.39, 0.29) is 0 Å². The minimum Gasteiger partial charge on any atom is -0.508 e. The Morgan fingerprint density at radius 1 is 1.54 bits per heavy atom. The molecule has 0 heterocycles. The number of phenols is 1. The third kappa shape index (κ3) is 2.81. The largest absolute Gasteiger partial charge is 0.508 e. The number of benzene rings is 1. The van der Waals surface area contributed by atoms with Crippen molar-refractivity contribution in [2.45, 2.75) is 13.5 Å². The van der Waals surface area contributed by atoms with Gasteiger partial charge in [0, 0.05) is 0 Å². The van der Waals surface area contributed by atoms with Gasteiger partial charge in [-0.2, -0.15) is 0 Å². The Hall–Kier alpha value is -1.46. The summed E-state index contributed by atoms with van der Waals surface area (Å²) < 4.78 is 5.15. The van der Waals surface area contributed by atoms with Crippen LogP contribution in [0, 0.1) is 19.3 Å². The lowest BCUT2D eigenvalue weighted by molar-refractivity contribution is 0.153. The lowest BCUT2D eigenvalue weighted by atomic mass is 10.1. The summed E-state index contributed by atoms with van der Waals surface area (Å²) in [6.07, 6.45) is 5.03. The Kier molecular flexibility index (Phi) is 3.36. The van der Waals surface area contributed by atoms with E-state index in [0.717, 1.165) is 11.1 Å². The maximum Gasteiger partial charge on any atom is 0.118 e. The Balaban J connectivity index is 2.59. The molecule has 2 heteroatoms. The van der Waals surface area contributed by atoms with Crippen LogP contribution in [0.3, 0.4) is 0 Å². The van der Waals surface area contributed by atoms with Crippen molar-refractivity contribution in [3.05, 3.63) is 29.3 Å². The van der Waals surface area contributed by atoms with Gasteiger partial charge in [-0.3, -0.25) is 0 Å². The van der Waals surface area contributed by atoms with Crippen molar-refractivity contribution in [2.24, 2.45) is 0 Å². The highest BCUT2D eigenvalue weighted by atomic mass is 16.5. The first kappa shape index (κ1) is 9.63. The smallest absolute Gasteiger partial charge is 0.118 e. The van der Waals surface area contributed by atoms with Crippen molar-refractivity contribution >= 4 is 0 Å². The second-order valence-corrected chi connectivity index (χ2v) is 2.82. The second kappa shape index (κ2) is 4.54. The molecular weight excluding hydrogens is 164 g/mol. The molecule has 0 spiro atoms. The molecule has 0 aliphatic rings. The Morgan fingerprint density at radius 2 is 2.31 bits per heavy atom. The Bertz CT molecular complexity index is 323. The highest BCUT2D eigenvalue weighted by Gasteiger charge is 1.97. The van der Waals surface area contributed by atoms with Gasteiger partial charge < -0.3 is 9.84 Å². The molecule has 0 unspecified atom stereocenters. The Labute approximate surface area is 78.2 Å². The number of aromatic hydroxyl groups is 1. The Morgan fingerprint density at radius 3 is 2.92 bits per heavy atom. The zero-order chi connectivity index (χ0) is 9.68. The van der Waals surface area contributed by atoms with Gasteiger partial charge in [-0.15, -0.1) is 6.42 Å². The quantitative estimate of drug-likeness (QED) is 0.562. The first-order valence-electron chi connectivity index (χ1n) is 4.03. The van der Waals surface area contributed by atoms with Gasteiger partial charge in [0.2, 0.25) is 0 Å². The van der Waals surface area contributed by atoms with Gasteiger partial charge in [0.15, 0.2) is 0 Å². The van der Waals surface area contributed by atoms with Crippen LogP contribution in [0.2, 0.25) is 0 Å². The van der Waals surface area contributed by atoms with E-state index >= 15 is 0 Å². The van der Waals surface area contributed by atoms with Crippen LogP contribution in [0.25, 0.3) is 0 Å². The van der Waals surface area contributed by atoms with Gasteiger partial charge in [0.05, 0.1) is 6.61 Å². The van der Waals surface area contributed by atoms with Crippen molar-refractivity contribution in [3.8, 4) is 18.1 Å². The molecule has 0 bridgehead atoms. The minimum atomic E-state index is 0.306. The normalized spacial score (nSPS) is 9.54. The number of terminal acetylenes is 1. The van der Waals surface area contributed by atoms with Crippen LogP contribution in [0.4, 0.5) is 0 Å². The summed E-state index contributed by atoms with van der Waals surface area (Å²) >= 11 is 0. The van der Waals surface area contributed by atoms with E-state index in [1.54, 1.807) is 6.07 Å². The highest BCUT2D eigenvalue weighted by molar-refractivity contribution is 5.34. The third-order valence-corrected chi connectivity index (χ3v) is 1.72. The summed E-state index contributed by atoms with van der Waals surface area (Å²) in [7, 11) is 0. The molecule has 0 radical (unpaired) electrons. The predicted molar refractivity (Wildman–Crippen MR) is 51.3 cm³/mol. The number of rotatable bonds is 3. The molecule has 0 aliphatic carbocycles. The summed E-state index contributed by atoms with van der Waals surface area (Å²) in [4.78, 5) is 0. The summed E-state index contributed by atoms with van der Waals surface area (Å²) in [5.74, 6) is 2.70. The van der Waals surface area contributed by atoms with E-state index in [1.165, 1.54) is 0 Å². The van der Waals surface area contributed by atoms with Crippen LogP contribution < -0.4 is 0 Å². The van der Waals surface area contributed by atoms with Crippen LogP contribution in [0.1, 0.15) is 11.1 Å². The average molecular weight is 176 g/mol. The van der Waals surface area contributed by atoms with Gasteiger partial charge in [0.1, 0.15) is 12.4 Å². The molecule has 0 fully saturated rings. The van der Waals surface area contributed by atoms with E-state index in [0.29, 0.717) is 19.0 Å². The molecule has 1 aromatic rings. The monoisotopic (exact) mass is 176 g/mol. The molecule has 1 N–H and O–H groups in total.